The topological polar surface area (TPSA) is 38.3 Å². The standard InChI is InChI=1S/C16H33NO2/c1-3-5-6-7-8-9-10-11-12-13-14-15-17-16(18)19-4-2/h3-15H2,1-2H3,(H,17,18). The molecule has 0 saturated heterocycles. The highest BCUT2D eigenvalue weighted by molar-refractivity contribution is 5.66. The molecule has 0 aromatic heterocycles. The van der Waals surface area contributed by atoms with Crippen LogP contribution in [-0.4, -0.2) is 19.2 Å². The van der Waals surface area contributed by atoms with E-state index in [0.29, 0.717) is 6.61 Å². The third-order valence-electron chi connectivity index (χ3n) is 3.33. The molecular formula is C16H33NO2. The van der Waals surface area contributed by atoms with E-state index in [1.165, 1.54) is 64.2 Å². The second kappa shape index (κ2) is 15.3. The van der Waals surface area contributed by atoms with Crippen molar-refractivity contribution in [3.05, 3.63) is 0 Å². The van der Waals surface area contributed by atoms with Crippen LogP contribution >= 0.6 is 0 Å². The first-order valence-corrected chi connectivity index (χ1v) is 8.21. The van der Waals surface area contributed by atoms with E-state index in [0.717, 1.165) is 13.0 Å². The Morgan fingerprint density at radius 1 is 0.789 bits per heavy atom. The number of hydrogen-bond acceptors (Lipinski definition) is 2. The summed E-state index contributed by atoms with van der Waals surface area (Å²) in [7, 11) is 0. The summed E-state index contributed by atoms with van der Waals surface area (Å²) in [5.41, 5.74) is 0. The van der Waals surface area contributed by atoms with E-state index < -0.39 is 0 Å². The molecule has 3 heteroatoms. The van der Waals surface area contributed by atoms with Gasteiger partial charge in [0.1, 0.15) is 0 Å². The van der Waals surface area contributed by atoms with Gasteiger partial charge in [0.05, 0.1) is 6.61 Å². The Morgan fingerprint density at radius 3 is 1.74 bits per heavy atom. The Bertz CT molecular complexity index is 195. The van der Waals surface area contributed by atoms with Crippen molar-refractivity contribution >= 4 is 6.09 Å². The highest BCUT2D eigenvalue weighted by atomic mass is 16.5. The van der Waals surface area contributed by atoms with Crippen LogP contribution in [0.5, 0.6) is 0 Å². The number of amides is 1. The summed E-state index contributed by atoms with van der Waals surface area (Å²) in [5, 5.41) is 2.75. The summed E-state index contributed by atoms with van der Waals surface area (Å²) >= 11 is 0. The first-order valence-electron chi connectivity index (χ1n) is 8.21. The normalized spacial score (nSPS) is 10.4. The van der Waals surface area contributed by atoms with Crippen LogP contribution in [0.3, 0.4) is 0 Å². The van der Waals surface area contributed by atoms with E-state index in [1.54, 1.807) is 0 Å². The smallest absolute Gasteiger partial charge is 0.407 e. The van der Waals surface area contributed by atoms with Gasteiger partial charge in [-0.05, 0) is 13.3 Å². The zero-order valence-electron chi connectivity index (χ0n) is 13.0. The van der Waals surface area contributed by atoms with Gasteiger partial charge >= 0.3 is 6.09 Å². The van der Waals surface area contributed by atoms with Gasteiger partial charge in [0.2, 0.25) is 0 Å². The van der Waals surface area contributed by atoms with Gasteiger partial charge in [-0.15, -0.1) is 0 Å². The molecule has 114 valence electrons. The molecule has 0 unspecified atom stereocenters. The second-order valence-corrected chi connectivity index (χ2v) is 5.18. The largest absolute Gasteiger partial charge is 0.450 e. The third-order valence-corrected chi connectivity index (χ3v) is 3.33. The van der Waals surface area contributed by atoms with Crippen LogP contribution in [0.1, 0.15) is 84.5 Å². The van der Waals surface area contributed by atoms with Crippen LogP contribution in [0.2, 0.25) is 0 Å². The monoisotopic (exact) mass is 271 g/mol. The van der Waals surface area contributed by atoms with Crippen molar-refractivity contribution in [2.24, 2.45) is 0 Å². The molecule has 0 spiro atoms. The Morgan fingerprint density at radius 2 is 1.26 bits per heavy atom. The number of carbonyl (C=O) groups is 1. The average Bonchev–Trinajstić information content (AvgIpc) is 2.40. The lowest BCUT2D eigenvalue weighted by Crippen LogP contribution is -2.25. The van der Waals surface area contributed by atoms with Gasteiger partial charge in [0.15, 0.2) is 0 Å². The fourth-order valence-corrected chi connectivity index (χ4v) is 2.16. The molecule has 3 nitrogen and oxygen atoms in total. The zero-order chi connectivity index (χ0) is 14.2. The maximum Gasteiger partial charge on any atom is 0.407 e. The van der Waals surface area contributed by atoms with Crippen molar-refractivity contribution in [2.45, 2.75) is 84.5 Å². The highest BCUT2D eigenvalue weighted by Gasteiger charge is 1.98. The fraction of sp³-hybridized carbons (Fsp3) is 0.938. The lowest BCUT2D eigenvalue weighted by Gasteiger charge is -2.05. The molecule has 0 heterocycles. The maximum absolute atomic E-state index is 11.0. The van der Waals surface area contributed by atoms with E-state index in [2.05, 4.69) is 12.2 Å². The van der Waals surface area contributed by atoms with Crippen LogP contribution < -0.4 is 5.32 Å². The highest BCUT2D eigenvalue weighted by Crippen LogP contribution is 2.10. The molecule has 0 saturated carbocycles. The summed E-state index contributed by atoms with van der Waals surface area (Å²) in [5.74, 6) is 0. The molecule has 0 aromatic carbocycles. The van der Waals surface area contributed by atoms with Crippen molar-refractivity contribution in [2.75, 3.05) is 13.2 Å². The third kappa shape index (κ3) is 15.2. The molecule has 0 bridgehead atoms. The van der Waals surface area contributed by atoms with Crippen molar-refractivity contribution < 1.29 is 9.53 Å². The van der Waals surface area contributed by atoms with Crippen molar-refractivity contribution in [1.29, 1.82) is 0 Å². The Kier molecular flexibility index (Phi) is 14.7. The number of ether oxygens (including phenoxy) is 1. The quantitative estimate of drug-likeness (QED) is 0.476. The van der Waals surface area contributed by atoms with Gasteiger partial charge in [-0.3, -0.25) is 0 Å². The molecule has 0 aliphatic carbocycles. The van der Waals surface area contributed by atoms with Crippen LogP contribution in [-0.2, 0) is 4.74 Å². The minimum absolute atomic E-state index is 0.283. The van der Waals surface area contributed by atoms with Crippen LogP contribution in [0.25, 0.3) is 0 Å². The molecule has 0 radical (unpaired) electrons. The SMILES string of the molecule is CCCCCCCCCCCCCNC(=O)OCC. The summed E-state index contributed by atoms with van der Waals surface area (Å²) in [6.45, 7) is 5.28. The minimum Gasteiger partial charge on any atom is -0.450 e. The number of alkyl carbamates (subject to hydrolysis) is 1. The Labute approximate surface area is 119 Å². The van der Waals surface area contributed by atoms with E-state index in [1.807, 2.05) is 6.92 Å². The van der Waals surface area contributed by atoms with Crippen LogP contribution in [0.4, 0.5) is 4.79 Å². The van der Waals surface area contributed by atoms with Crippen LogP contribution in [0, 0.1) is 0 Å². The number of rotatable bonds is 13. The lowest BCUT2D eigenvalue weighted by molar-refractivity contribution is 0.152. The minimum atomic E-state index is -0.283. The van der Waals surface area contributed by atoms with Crippen LogP contribution in [0.15, 0.2) is 0 Å². The summed E-state index contributed by atoms with van der Waals surface area (Å²) < 4.78 is 4.79. The zero-order valence-corrected chi connectivity index (χ0v) is 13.0. The molecule has 19 heavy (non-hydrogen) atoms. The van der Waals surface area contributed by atoms with Gasteiger partial charge < -0.3 is 10.1 Å². The van der Waals surface area contributed by atoms with Crippen molar-refractivity contribution in [3.63, 3.8) is 0 Å². The number of hydrogen-bond donors (Lipinski definition) is 1. The first kappa shape index (κ1) is 18.3. The van der Waals surface area contributed by atoms with E-state index in [9.17, 15) is 4.79 Å². The Balaban J connectivity index is 3.01. The molecule has 0 aromatic rings. The Hall–Kier alpha value is -0.730. The molecule has 0 atom stereocenters. The first-order chi connectivity index (χ1) is 9.31. The predicted molar refractivity (Wildman–Crippen MR) is 81.5 cm³/mol. The predicted octanol–water partition coefficient (Wildman–Crippen LogP) is 5.04. The summed E-state index contributed by atoms with van der Waals surface area (Å²) in [4.78, 5) is 11.0. The van der Waals surface area contributed by atoms with E-state index in [4.69, 9.17) is 4.74 Å². The maximum atomic E-state index is 11.0. The van der Waals surface area contributed by atoms with E-state index >= 15 is 0 Å². The molecule has 1 N–H and O–H groups in total. The summed E-state index contributed by atoms with van der Waals surface area (Å²) in [6.07, 6.45) is 14.4. The van der Waals surface area contributed by atoms with Gasteiger partial charge in [0, 0.05) is 6.54 Å². The molecule has 0 rings (SSSR count). The molecule has 0 fully saturated rings. The van der Waals surface area contributed by atoms with Crippen molar-refractivity contribution in [3.8, 4) is 0 Å². The molecule has 0 aliphatic heterocycles. The fourth-order valence-electron chi connectivity index (χ4n) is 2.16. The molecule has 0 aliphatic rings. The number of nitrogens with one attached hydrogen (secondary N) is 1. The summed E-state index contributed by atoms with van der Waals surface area (Å²) in [6, 6.07) is 0. The molecular weight excluding hydrogens is 238 g/mol. The lowest BCUT2D eigenvalue weighted by atomic mass is 10.1. The average molecular weight is 271 g/mol. The van der Waals surface area contributed by atoms with Gasteiger partial charge in [-0.1, -0.05) is 71.1 Å². The van der Waals surface area contributed by atoms with Gasteiger partial charge in [0.25, 0.3) is 0 Å². The second-order valence-electron chi connectivity index (χ2n) is 5.18. The number of unbranched alkanes of at least 4 members (excludes halogenated alkanes) is 10. The number of carbonyl (C=O) groups excluding carboxylic acids is 1. The van der Waals surface area contributed by atoms with Gasteiger partial charge in [-0.2, -0.15) is 0 Å². The van der Waals surface area contributed by atoms with Gasteiger partial charge in [-0.25, -0.2) is 4.79 Å². The van der Waals surface area contributed by atoms with E-state index in [-0.39, 0.29) is 6.09 Å². The van der Waals surface area contributed by atoms with Crippen molar-refractivity contribution in [1.82, 2.24) is 5.32 Å². The molecule has 1 amide bonds.